The first kappa shape index (κ1) is 16.5. The molecule has 0 bridgehead atoms. The summed E-state index contributed by atoms with van der Waals surface area (Å²) in [4.78, 5) is 0.175. The summed E-state index contributed by atoms with van der Waals surface area (Å²) >= 11 is 0. The van der Waals surface area contributed by atoms with Crippen molar-refractivity contribution in [3.05, 3.63) is 29.8 Å². The van der Waals surface area contributed by atoms with E-state index in [1.165, 1.54) is 19.3 Å². The van der Waals surface area contributed by atoms with Gasteiger partial charge < -0.3 is 5.32 Å². The molecule has 1 aromatic rings. The highest BCUT2D eigenvalue weighted by Gasteiger charge is 2.24. The summed E-state index contributed by atoms with van der Waals surface area (Å²) in [6.07, 6.45) is 4.78. The number of hydrogen-bond donors (Lipinski definition) is 2. The third kappa shape index (κ3) is 4.80. The van der Waals surface area contributed by atoms with Crippen molar-refractivity contribution >= 4 is 10.0 Å². The molecule has 0 spiro atoms. The van der Waals surface area contributed by atoms with Crippen molar-refractivity contribution in [3.63, 3.8) is 0 Å². The van der Waals surface area contributed by atoms with Crippen molar-refractivity contribution in [3.8, 4) is 0 Å². The fraction of sp³-hybridized carbons (Fsp3) is 0.625. The quantitative estimate of drug-likeness (QED) is 0.876. The van der Waals surface area contributed by atoms with Crippen molar-refractivity contribution in [1.82, 2.24) is 5.32 Å². The van der Waals surface area contributed by atoms with Crippen LogP contribution in [0.5, 0.6) is 0 Å². The number of primary sulfonamides is 1. The van der Waals surface area contributed by atoms with Gasteiger partial charge in [0.25, 0.3) is 0 Å². The van der Waals surface area contributed by atoms with Crippen LogP contribution in [-0.4, -0.2) is 21.0 Å². The molecule has 0 radical (unpaired) electrons. The summed E-state index contributed by atoms with van der Waals surface area (Å²) in [7, 11) is -3.59. The van der Waals surface area contributed by atoms with Crippen LogP contribution in [-0.2, 0) is 16.4 Å². The van der Waals surface area contributed by atoms with Crippen molar-refractivity contribution in [2.75, 3.05) is 6.54 Å². The van der Waals surface area contributed by atoms with E-state index in [1.807, 2.05) is 12.1 Å². The van der Waals surface area contributed by atoms with Gasteiger partial charge in [0.1, 0.15) is 0 Å². The zero-order valence-corrected chi connectivity index (χ0v) is 13.7. The van der Waals surface area contributed by atoms with Crippen LogP contribution in [0.4, 0.5) is 0 Å². The molecule has 118 valence electrons. The van der Waals surface area contributed by atoms with Gasteiger partial charge in [0.2, 0.25) is 10.0 Å². The molecule has 1 aliphatic carbocycles. The number of nitrogens with one attached hydrogen (secondary N) is 1. The molecule has 0 heterocycles. The summed E-state index contributed by atoms with van der Waals surface area (Å²) < 4.78 is 22.4. The molecule has 3 unspecified atom stereocenters. The lowest BCUT2D eigenvalue weighted by molar-refractivity contribution is 0.229. The summed E-state index contributed by atoms with van der Waals surface area (Å²) in [5, 5.41) is 8.73. The second kappa shape index (κ2) is 6.90. The minimum absolute atomic E-state index is 0.175. The number of hydrogen-bond acceptors (Lipinski definition) is 3. The van der Waals surface area contributed by atoms with Crippen LogP contribution in [0.2, 0.25) is 0 Å². The fourth-order valence-electron chi connectivity index (χ4n) is 3.22. The third-order valence-corrected chi connectivity index (χ3v) is 5.43. The molecule has 1 aliphatic rings. The number of nitrogens with two attached hydrogens (primary N) is 1. The molecule has 3 atom stereocenters. The average molecular weight is 310 g/mol. The van der Waals surface area contributed by atoms with Crippen molar-refractivity contribution in [1.29, 1.82) is 0 Å². The lowest BCUT2D eigenvalue weighted by atomic mass is 9.80. The SMILES string of the molecule is CC1CCC(NCCc2ccc(S(N)(=O)=O)cc2)C(C)C1. The van der Waals surface area contributed by atoms with E-state index >= 15 is 0 Å². The molecule has 1 saturated carbocycles. The first-order valence-electron chi connectivity index (χ1n) is 7.71. The highest BCUT2D eigenvalue weighted by molar-refractivity contribution is 7.89. The van der Waals surface area contributed by atoms with E-state index < -0.39 is 10.0 Å². The Morgan fingerprint density at radius 3 is 2.43 bits per heavy atom. The van der Waals surface area contributed by atoms with Gasteiger partial charge in [-0.2, -0.15) is 0 Å². The van der Waals surface area contributed by atoms with Crippen molar-refractivity contribution < 1.29 is 8.42 Å². The Labute approximate surface area is 128 Å². The Balaban J connectivity index is 1.81. The third-order valence-electron chi connectivity index (χ3n) is 4.50. The highest BCUT2D eigenvalue weighted by Crippen LogP contribution is 2.28. The van der Waals surface area contributed by atoms with Gasteiger partial charge in [0, 0.05) is 6.04 Å². The van der Waals surface area contributed by atoms with E-state index in [0.29, 0.717) is 6.04 Å². The van der Waals surface area contributed by atoms with Crippen LogP contribution in [0.25, 0.3) is 0 Å². The van der Waals surface area contributed by atoms with Crippen LogP contribution in [0.3, 0.4) is 0 Å². The predicted molar refractivity (Wildman–Crippen MR) is 85.5 cm³/mol. The van der Waals surface area contributed by atoms with Crippen molar-refractivity contribution in [2.24, 2.45) is 17.0 Å². The maximum atomic E-state index is 11.2. The maximum absolute atomic E-state index is 11.2. The zero-order chi connectivity index (χ0) is 15.5. The molecule has 2 rings (SSSR count). The molecule has 0 aromatic heterocycles. The molecule has 0 amide bonds. The number of sulfonamides is 1. The van der Waals surface area contributed by atoms with Gasteiger partial charge in [0.15, 0.2) is 0 Å². The largest absolute Gasteiger partial charge is 0.313 e. The van der Waals surface area contributed by atoms with Crippen LogP contribution in [0, 0.1) is 11.8 Å². The van der Waals surface area contributed by atoms with Crippen LogP contribution < -0.4 is 10.5 Å². The molecule has 1 aromatic carbocycles. The minimum atomic E-state index is -3.59. The highest BCUT2D eigenvalue weighted by atomic mass is 32.2. The molecule has 0 saturated heterocycles. The van der Waals surface area contributed by atoms with Gasteiger partial charge >= 0.3 is 0 Å². The molecular formula is C16H26N2O2S. The molecule has 4 nitrogen and oxygen atoms in total. The van der Waals surface area contributed by atoms with Crippen LogP contribution in [0.15, 0.2) is 29.2 Å². The molecule has 1 fully saturated rings. The number of rotatable bonds is 5. The standard InChI is InChI=1S/C16H26N2O2S/c1-12-3-8-16(13(2)11-12)18-10-9-14-4-6-15(7-5-14)21(17,19)20/h4-7,12-13,16,18H,3,8-11H2,1-2H3,(H2,17,19,20). The van der Waals surface area contributed by atoms with Gasteiger partial charge in [-0.15, -0.1) is 0 Å². The molecule has 5 heteroatoms. The zero-order valence-electron chi connectivity index (χ0n) is 12.9. The average Bonchev–Trinajstić information content (AvgIpc) is 2.41. The van der Waals surface area contributed by atoms with E-state index in [0.717, 1.165) is 30.4 Å². The van der Waals surface area contributed by atoms with Crippen LogP contribution in [0.1, 0.15) is 38.7 Å². The topological polar surface area (TPSA) is 72.2 Å². The Kier molecular flexibility index (Phi) is 5.41. The fourth-order valence-corrected chi connectivity index (χ4v) is 3.73. The normalized spacial score (nSPS) is 26.7. The summed E-state index contributed by atoms with van der Waals surface area (Å²) in [5.41, 5.74) is 1.13. The Bertz CT molecular complexity index is 554. The first-order valence-corrected chi connectivity index (χ1v) is 9.26. The van der Waals surface area contributed by atoms with E-state index in [1.54, 1.807) is 12.1 Å². The van der Waals surface area contributed by atoms with Gasteiger partial charge in [-0.3, -0.25) is 0 Å². The van der Waals surface area contributed by atoms with Gasteiger partial charge in [-0.05, 0) is 61.8 Å². The predicted octanol–water partition coefficient (Wildman–Crippen LogP) is 2.29. The first-order chi connectivity index (χ1) is 9.86. The van der Waals surface area contributed by atoms with Gasteiger partial charge in [-0.25, -0.2) is 13.6 Å². The monoisotopic (exact) mass is 310 g/mol. The summed E-state index contributed by atoms with van der Waals surface area (Å²) in [6.45, 7) is 5.59. The summed E-state index contributed by atoms with van der Waals surface area (Å²) in [6, 6.07) is 7.46. The second-order valence-electron chi connectivity index (χ2n) is 6.40. The summed E-state index contributed by atoms with van der Waals surface area (Å²) in [5.74, 6) is 1.59. The van der Waals surface area contributed by atoms with Gasteiger partial charge in [-0.1, -0.05) is 26.0 Å². The van der Waals surface area contributed by atoms with E-state index in [-0.39, 0.29) is 4.90 Å². The Morgan fingerprint density at radius 2 is 1.86 bits per heavy atom. The van der Waals surface area contributed by atoms with Crippen molar-refractivity contribution in [2.45, 2.75) is 50.5 Å². The molecule has 21 heavy (non-hydrogen) atoms. The minimum Gasteiger partial charge on any atom is -0.313 e. The van der Waals surface area contributed by atoms with E-state index in [9.17, 15) is 8.42 Å². The second-order valence-corrected chi connectivity index (χ2v) is 7.96. The lowest BCUT2D eigenvalue weighted by Crippen LogP contribution is -2.39. The Morgan fingerprint density at radius 1 is 1.19 bits per heavy atom. The smallest absolute Gasteiger partial charge is 0.238 e. The number of benzene rings is 1. The van der Waals surface area contributed by atoms with E-state index in [2.05, 4.69) is 19.2 Å². The van der Waals surface area contributed by atoms with Gasteiger partial charge in [0.05, 0.1) is 4.90 Å². The van der Waals surface area contributed by atoms with Crippen LogP contribution >= 0.6 is 0 Å². The maximum Gasteiger partial charge on any atom is 0.238 e. The molecule has 3 N–H and O–H groups in total. The van der Waals surface area contributed by atoms with E-state index in [4.69, 9.17) is 5.14 Å². The Hall–Kier alpha value is -0.910. The molecule has 0 aliphatic heterocycles. The molecular weight excluding hydrogens is 284 g/mol. The lowest BCUT2D eigenvalue weighted by Gasteiger charge is -2.33.